The molecule has 11 heteroatoms. The number of anilines is 1. The Morgan fingerprint density at radius 3 is 2.72 bits per heavy atom. The molecule has 0 bridgehead atoms. The van der Waals surface area contributed by atoms with Crippen LogP contribution in [0.15, 0.2) is 36.8 Å². The minimum absolute atomic E-state index is 0.215. The molecule has 1 aliphatic carbocycles. The van der Waals surface area contributed by atoms with Gasteiger partial charge in [-0.3, -0.25) is 4.90 Å². The molecule has 0 N–H and O–H groups in total. The second kappa shape index (κ2) is 10.6. The number of aromatic nitrogens is 4. The Kier molecular flexibility index (Phi) is 7.03. The van der Waals surface area contributed by atoms with Crippen molar-refractivity contribution in [3.8, 4) is 17.0 Å². The summed E-state index contributed by atoms with van der Waals surface area (Å²) in [5.74, 6) is 1.50. The van der Waals surface area contributed by atoms with E-state index in [4.69, 9.17) is 14.5 Å². The van der Waals surface area contributed by atoms with Crippen molar-refractivity contribution in [2.75, 3.05) is 71.4 Å². The smallest absolute Gasteiger partial charge is 0.410 e. The normalized spacial score (nSPS) is 22.2. The summed E-state index contributed by atoms with van der Waals surface area (Å²) < 4.78 is 13.9. The number of carbonyl (C=O) groups excluding carboxylic acids is 1. The summed E-state index contributed by atoms with van der Waals surface area (Å²) in [6, 6.07) is 5.89. The molecule has 208 valence electrons. The SMILES string of the molecule is CN(C)CCN1CC[C@@](C)(OC(=O)N2CCN(c3ccn4ncc(-c5cccnc5OC5CC5)c4n3)CC2)C1. The largest absolute Gasteiger partial charge is 0.474 e. The zero-order valence-electron chi connectivity index (χ0n) is 23.1. The van der Waals surface area contributed by atoms with E-state index in [1.165, 1.54) is 0 Å². The van der Waals surface area contributed by atoms with Crippen molar-refractivity contribution in [3.63, 3.8) is 0 Å². The lowest BCUT2D eigenvalue weighted by Gasteiger charge is -2.36. The summed E-state index contributed by atoms with van der Waals surface area (Å²) in [4.78, 5) is 31.1. The number of likely N-dealkylation sites (N-methyl/N-ethyl adjacent to an activating group) is 1. The Labute approximate surface area is 229 Å². The predicted molar refractivity (Wildman–Crippen MR) is 148 cm³/mol. The summed E-state index contributed by atoms with van der Waals surface area (Å²) in [7, 11) is 4.16. The number of amides is 1. The fourth-order valence-electron chi connectivity index (χ4n) is 5.29. The summed E-state index contributed by atoms with van der Waals surface area (Å²) in [6.45, 7) is 8.38. The number of rotatable bonds is 8. The number of hydrogen-bond donors (Lipinski definition) is 0. The van der Waals surface area contributed by atoms with Crippen molar-refractivity contribution < 1.29 is 14.3 Å². The van der Waals surface area contributed by atoms with E-state index in [-0.39, 0.29) is 12.2 Å². The average Bonchev–Trinajstić information content (AvgIpc) is 3.53. The van der Waals surface area contributed by atoms with E-state index >= 15 is 0 Å². The van der Waals surface area contributed by atoms with E-state index in [0.29, 0.717) is 32.1 Å². The monoisotopic (exact) mass is 534 g/mol. The number of likely N-dealkylation sites (tertiary alicyclic amines) is 1. The molecule has 0 radical (unpaired) electrons. The van der Waals surface area contributed by atoms with Crippen LogP contribution in [0.2, 0.25) is 0 Å². The first-order chi connectivity index (χ1) is 18.9. The van der Waals surface area contributed by atoms with E-state index in [1.807, 2.05) is 35.5 Å². The van der Waals surface area contributed by atoms with Crippen LogP contribution in [0.1, 0.15) is 26.2 Å². The van der Waals surface area contributed by atoms with Gasteiger partial charge in [0.1, 0.15) is 17.5 Å². The molecule has 3 fully saturated rings. The van der Waals surface area contributed by atoms with Crippen LogP contribution in [-0.4, -0.2) is 119 Å². The van der Waals surface area contributed by atoms with E-state index in [0.717, 1.165) is 68.0 Å². The molecule has 0 aromatic carbocycles. The summed E-state index contributed by atoms with van der Waals surface area (Å²) >= 11 is 0. The zero-order chi connectivity index (χ0) is 27.0. The van der Waals surface area contributed by atoms with Crippen molar-refractivity contribution >= 4 is 17.6 Å². The van der Waals surface area contributed by atoms with Crippen LogP contribution in [-0.2, 0) is 4.74 Å². The molecule has 3 aliphatic rings. The number of carbonyl (C=O) groups is 1. The molecule has 39 heavy (non-hydrogen) atoms. The molecule has 1 atom stereocenters. The summed E-state index contributed by atoms with van der Waals surface area (Å²) in [5, 5.41) is 4.51. The molecule has 2 aliphatic heterocycles. The second-order valence-electron chi connectivity index (χ2n) is 11.4. The van der Waals surface area contributed by atoms with Crippen molar-refractivity contribution in [1.29, 1.82) is 0 Å². The van der Waals surface area contributed by atoms with Gasteiger partial charge in [-0.15, -0.1) is 0 Å². The molecule has 3 aromatic heterocycles. The third-order valence-corrected chi connectivity index (χ3v) is 7.79. The molecule has 1 saturated carbocycles. The quantitative estimate of drug-likeness (QED) is 0.432. The van der Waals surface area contributed by atoms with Gasteiger partial charge in [0.2, 0.25) is 5.88 Å². The Hall–Kier alpha value is -3.44. The van der Waals surface area contributed by atoms with Crippen molar-refractivity contribution in [2.45, 2.75) is 37.9 Å². The first-order valence-corrected chi connectivity index (χ1v) is 13.9. The number of piperazine rings is 1. The molecule has 2 saturated heterocycles. The minimum atomic E-state index is -0.431. The Bertz CT molecular complexity index is 1320. The van der Waals surface area contributed by atoms with Crippen LogP contribution in [0.5, 0.6) is 5.88 Å². The van der Waals surface area contributed by atoms with E-state index in [1.54, 1.807) is 10.7 Å². The fourth-order valence-corrected chi connectivity index (χ4v) is 5.29. The van der Waals surface area contributed by atoms with Gasteiger partial charge in [-0.1, -0.05) is 0 Å². The lowest BCUT2D eigenvalue weighted by Crippen LogP contribution is -2.51. The maximum Gasteiger partial charge on any atom is 0.410 e. The van der Waals surface area contributed by atoms with Crippen LogP contribution < -0.4 is 9.64 Å². The van der Waals surface area contributed by atoms with E-state index in [9.17, 15) is 4.79 Å². The first kappa shape index (κ1) is 25.8. The molecule has 0 spiro atoms. The maximum atomic E-state index is 13.0. The highest BCUT2D eigenvalue weighted by Crippen LogP contribution is 2.35. The minimum Gasteiger partial charge on any atom is -0.474 e. The summed E-state index contributed by atoms with van der Waals surface area (Å²) in [5.41, 5.74) is 2.13. The van der Waals surface area contributed by atoms with Gasteiger partial charge in [0, 0.05) is 76.7 Å². The van der Waals surface area contributed by atoms with Crippen LogP contribution >= 0.6 is 0 Å². The molecule has 1 amide bonds. The first-order valence-electron chi connectivity index (χ1n) is 13.9. The van der Waals surface area contributed by atoms with Crippen molar-refractivity contribution in [2.24, 2.45) is 0 Å². The average molecular weight is 535 g/mol. The number of pyridine rings is 1. The Balaban J connectivity index is 1.09. The van der Waals surface area contributed by atoms with Gasteiger partial charge in [-0.25, -0.2) is 19.3 Å². The fraction of sp³-hybridized carbons (Fsp3) is 0.571. The van der Waals surface area contributed by atoms with Gasteiger partial charge in [0.15, 0.2) is 5.65 Å². The molecule has 3 aromatic rings. The van der Waals surface area contributed by atoms with Crippen LogP contribution in [0.4, 0.5) is 10.6 Å². The van der Waals surface area contributed by atoms with Gasteiger partial charge in [-0.05, 0) is 52.1 Å². The Morgan fingerprint density at radius 1 is 1.13 bits per heavy atom. The lowest BCUT2D eigenvalue weighted by molar-refractivity contribution is 0.00709. The molecule has 6 rings (SSSR count). The van der Waals surface area contributed by atoms with E-state index in [2.05, 4.69) is 45.8 Å². The van der Waals surface area contributed by atoms with Crippen LogP contribution in [0.3, 0.4) is 0 Å². The number of fused-ring (bicyclic) bond motifs is 1. The number of hydrogen-bond acceptors (Lipinski definition) is 9. The van der Waals surface area contributed by atoms with Gasteiger partial charge < -0.3 is 24.2 Å². The highest BCUT2D eigenvalue weighted by molar-refractivity contribution is 5.80. The van der Waals surface area contributed by atoms with Crippen LogP contribution in [0.25, 0.3) is 16.8 Å². The summed E-state index contributed by atoms with van der Waals surface area (Å²) in [6.07, 6.45) is 8.56. The van der Waals surface area contributed by atoms with Crippen LogP contribution in [0, 0.1) is 0 Å². The number of nitrogens with zero attached hydrogens (tertiary/aromatic N) is 8. The van der Waals surface area contributed by atoms with Gasteiger partial charge >= 0.3 is 6.09 Å². The lowest BCUT2D eigenvalue weighted by atomic mass is 10.1. The molecular formula is C28H38N8O3. The topological polar surface area (TPSA) is 91.6 Å². The Morgan fingerprint density at radius 2 is 1.95 bits per heavy atom. The third-order valence-electron chi connectivity index (χ3n) is 7.79. The van der Waals surface area contributed by atoms with Gasteiger partial charge in [0.05, 0.1) is 11.8 Å². The maximum absolute atomic E-state index is 13.0. The van der Waals surface area contributed by atoms with E-state index < -0.39 is 5.60 Å². The molecule has 0 unspecified atom stereocenters. The predicted octanol–water partition coefficient (Wildman–Crippen LogP) is 2.62. The molecule has 11 nitrogen and oxygen atoms in total. The van der Waals surface area contributed by atoms with Crippen molar-refractivity contribution in [1.82, 2.24) is 34.3 Å². The van der Waals surface area contributed by atoms with Gasteiger partial charge in [0.25, 0.3) is 0 Å². The van der Waals surface area contributed by atoms with Crippen molar-refractivity contribution in [3.05, 3.63) is 36.8 Å². The standard InChI is InChI=1S/C28H38N8O3/c1-28(9-12-33(20-28)14-13-32(2)3)39-27(37)35-17-15-34(16-18-35)24-8-11-36-25(31-24)23(19-30-36)22-5-4-10-29-26(22)38-21-6-7-21/h4-5,8,10-11,19,21H,6-7,9,12-18,20H2,1-3H3/t28-/m1/s1. The highest BCUT2D eigenvalue weighted by atomic mass is 16.6. The number of ether oxygens (including phenoxy) is 2. The van der Waals surface area contributed by atoms with Gasteiger partial charge in [-0.2, -0.15) is 5.10 Å². The molecule has 5 heterocycles. The zero-order valence-corrected chi connectivity index (χ0v) is 23.1. The molecular weight excluding hydrogens is 496 g/mol. The third kappa shape index (κ3) is 5.79. The highest BCUT2D eigenvalue weighted by Gasteiger charge is 2.38. The second-order valence-corrected chi connectivity index (χ2v) is 11.4.